The third-order valence-electron chi connectivity index (χ3n) is 4.99. The monoisotopic (exact) mass is 364 g/mol. The Morgan fingerprint density at radius 2 is 2.15 bits per heavy atom. The Kier molecular flexibility index (Phi) is 5.43. The number of hydrogen-bond donors (Lipinski definition) is 2. The van der Waals surface area contributed by atoms with Crippen LogP contribution in [0.1, 0.15) is 51.5 Å². The molecule has 1 aliphatic carbocycles. The van der Waals surface area contributed by atoms with Crippen LogP contribution >= 0.6 is 0 Å². The molecular formula is C18H24N2O6. The van der Waals surface area contributed by atoms with Gasteiger partial charge in [-0.2, -0.15) is 0 Å². The minimum absolute atomic E-state index is 0.0355. The van der Waals surface area contributed by atoms with Gasteiger partial charge in [-0.15, -0.1) is 0 Å². The van der Waals surface area contributed by atoms with Crippen molar-refractivity contribution in [1.29, 1.82) is 0 Å². The number of methoxy groups -OCH3 is 1. The van der Waals surface area contributed by atoms with Crippen molar-refractivity contribution in [2.75, 3.05) is 26.8 Å². The van der Waals surface area contributed by atoms with Gasteiger partial charge in [0.15, 0.2) is 5.78 Å². The van der Waals surface area contributed by atoms with E-state index in [0.717, 1.165) is 6.42 Å². The lowest BCUT2D eigenvalue weighted by Crippen LogP contribution is -2.55. The summed E-state index contributed by atoms with van der Waals surface area (Å²) in [6.07, 6.45) is 1.33. The van der Waals surface area contributed by atoms with E-state index in [4.69, 9.17) is 9.15 Å². The molecular weight excluding hydrogens is 340 g/mol. The molecule has 0 spiro atoms. The summed E-state index contributed by atoms with van der Waals surface area (Å²) in [5.74, 6) is 0.313. The largest absolute Gasteiger partial charge is 0.465 e. The van der Waals surface area contributed by atoms with Crippen molar-refractivity contribution < 1.29 is 28.6 Å². The first-order valence-electron chi connectivity index (χ1n) is 8.83. The van der Waals surface area contributed by atoms with E-state index < -0.39 is 18.1 Å². The number of furan rings is 1. The summed E-state index contributed by atoms with van der Waals surface area (Å²) >= 11 is 0. The number of rotatable bonds is 4. The Labute approximate surface area is 151 Å². The first kappa shape index (κ1) is 18.6. The zero-order chi connectivity index (χ0) is 18.8. The zero-order valence-corrected chi connectivity index (χ0v) is 15.0. The van der Waals surface area contributed by atoms with Crippen LogP contribution in [0.15, 0.2) is 4.42 Å². The molecule has 142 valence electrons. The van der Waals surface area contributed by atoms with E-state index in [9.17, 15) is 19.5 Å². The number of fused-ring (bicyclic) bond motifs is 1. The van der Waals surface area contributed by atoms with Gasteiger partial charge >= 0.3 is 0 Å². The van der Waals surface area contributed by atoms with Gasteiger partial charge in [0.25, 0.3) is 5.91 Å². The number of β-amino-alcohol motifs (C(OH)–C–C–N with tert-alkyl or cyclic N) is 1. The molecule has 0 aromatic carbocycles. The number of aliphatic hydroxyl groups is 1. The van der Waals surface area contributed by atoms with Crippen LogP contribution in [0.5, 0.6) is 0 Å². The van der Waals surface area contributed by atoms with Crippen molar-refractivity contribution in [2.45, 2.75) is 44.8 Å². The standard InChI is InChI=1S/C18H24N2O6/c1-10-16(17-12(21)4-3-5-14(17)26-10)18(24)19-11-6-7-20(8-13(11)22)15(23)9-25-2/h11,13,22H,3-9H2,1-2H3,(H,19,24)/t11-,13-/m1/s1. The van der Waals surface area contributed by atoms with Crippen molar-refractivity contribution in [1.82, 2.24) is 10.2 Å². The van der Waals surface area contributed by atoms with Crippen LogP contribution in [0.2, 0.25) is 0 Å². The summed E-state index contributed by atoms with van der Waals surface area (Å²) < 4.78 is 10.4. The summed E-state index contributed by atoms with van der Waals surface area (Å²) in [6, 6.07) is -0.488. The highest BCUT2D eigenvalue weighted by atomic mass is 16.5. The summed E-state index contributed by atoms with van der Waals surface area (Å²) in [5, 5.41) is 13.1. The van der Waals surface area contributed by atoms with Gasteiger partial charge in [0, 0.05) is 33.0 Å². The summed E-state index contributed by atoms with van der Waals surface area (Å²) in [7, 11) is 1.44. The van der Waals surface area contributed by atoms with Gasteiger partial charge in [-0.1, -0.05) is 0 Å². The van der Waals surface area contributed by atoms with Crippen molar-refractivity contribution >= 4 is 17.6 Å². The number of likely N-dealkylation sites (tertiary alicyclic amines) is 1. The second kappa shape index (κ2) is 7.59. The number of ether oxygens (including phenoxy) is 1. The van der Waals surface area contributed by atoms with E-state index in [1.807, 2.05) is 0 Å². The lowest BCUT2D eigenvalue weighted by Gasteiger charge is -2.36. The number of aryl methyl sites for hydroxylation is 2. The molecule has 2 aliphatic rings. The van der Waals surface area contributed by atoms with Crippen molar-refractivity contribution in [3.05, 3.63) is 22.6 Å². The van der Waals surface area contributed by atoms with Gasteiger partial charge in [-0.3, -0.25) is 14.4 Å². The molecule has 1 aromatic heterocycles. The van der Waals surface area contributed by atoms with Crippen LogP contribution in [0.25, 0.3) is 0 Å². The highest BCUT2D eigenvalue weighted by Crippen LogP contribution is 2.29. The topological polar surface area (TPSA) is 109 Å². The number of nitrogens with zero attached hydrogens (tertiary/aromatic N) is 1. The average Bonchev–Trinajstić information content (AvgIpc) is 2.94. The molecule has 2 N–H and O–H groups in total. The van der Waals surface area contributed by atoms with E-state index in [2.05, 4.69) is 5.32 Å². The minimum atomic E-state index is -0.882. The quantitative estimate of drug-likeness (QED) is 0.803. The summed E-state index contributed by atoms with van der Waals surface area (Å²) in [5.41, 5.74) is 0.656. The van der Waals surface area contributed by atoms with Crippen LogP contribution in [-0.2, 0) is 16.0 Å². The lowest BCUT2D eigenvalue weighted by atomic mass is 9.92. The second-order valence-electron chi connectivity index (χ2n) is 6.82. The van der Waals surface area contributed by atoms with Crippen LogP contribution in [0, 0.1) is 6.92 Å². The molecule has 1 saturated heterocycles. The predicted octanol–water partition coefficient (Wildman–Crippen LogP) is 0.445. The number of Topliss-reactive ketones (excluding diaryl/α,β-unsaturated/α-hetero) is 1. The van der Waals surface area contributed by atoms with E-state index in [1.54, 1.807) is 6.92 Å². The van der Waals surface area contributed by atoms with Crippen molar-refractivity contribution in [3.8, 4) is 0 Å². The molecule has 1 aliphatic heterocycles. The van der Waals surface area contributed by atoms with Crippen LogP contribution in [-0.4, -0.2) is 66.6 Å². The van der Waals surface area contributed by atoms with Gasteiger partial charge in [0.1, 0.15) is 18.1 Å². The van der Waals surface area contributed by atoms with E-state index in [-0.39, 0.29) is 30.4 Å². The maximum absolute atomic E-state index is 12.7. The number of nitrogens with one attached hydrogen (secondary N) is 1. The number of aliphatic hydroxyl groups excluding tert-OH is 1. The number of ketones is 1. The Morgan fingerprint density at radius 1 is 1.38 bits per heavy atom. The van der Waals surface area contributed by atoms with Crippen LogP contribution < -0.4 is 5.32 Å². The van der Waals surface area contributed by atoms with Crippen LogP contribution in [0.4, 0.5) is 0 Å². The molecule has 1 fully saturated rings. The van der Waals surface area contributed by atoms with Crippen molar-refractivity contribution in [2.24, 2.45) is 0 Å². The Morgan fingerprint density at radius 3 is 2.85 bits per heavy atom. The second-order valence-corrected chi connectivity index (χ2v) is 6.82. The minimum Gasteiger partial charge on any atom is -0.465 e. The number of carbonyl (C=O) groups excluding carboxylic acids is 3. The Hall–Kier alpha value is -2.19. The fourth-order valence-corrected chi connectivity index (χ4v) is 3.66. The molecule has 2 atom stereocenters. The zero-order valence-electron chi connectivity index (χ0n) is 15.0. The molecule has 3 rings (SSSR count). The van der Waals surface area contributed by atoms with Gasteiger partial charge in [0.05, 0.1) is 23.3 Å². The molecule has 8 nitrogen and oxygen atoms in total. The predicted molar refractivity (Wildman–Crippen MR) is 91.0 cm³/mol. The third-order valence-corrected chi connectivity index (χ3v) is 4.99. The molecule has 0 saturated carbocycles. The molecule has 26 heavy (non-hydrogen) atoms. The fraction of sp³-hybridized carbons (Fsp3) is 0.611. The number of piperidine rings is 1. The molecule has 0 radical (unpaired) electrons. The average molecular weight is 364 g/mol. The van der Waals surface area contributed by atoms with Gasteiger partial charge < -0.3 is 24.5 Å². The van der Waals surface area contributed by atoms with Gasteiger partial charge in [-0.25, -0.2) is 0 Å². The maximum atomic E-state index is 12.7. The molecule has 2 heterocycles. The number of hydrogen-bond acceptors (Lipinski definition) is 6. The van der Waals surface area contributed by atoms with Gasteiger partial charge in [0.2, 0.25) is 5.91 Å². The van der Waals surface area contributed by atoms with E-state index >= 15 is 0 Å². The van der Waals surface area contributed by atoms with Crippen LogP contribution in [0.3, 0.4) is 0 Å². The van der Waals surface area contributed by atoms with E-state index in [0.29, 0.717) is 42.9 Å². The molecule has 8 heteroatoms. The maximum Gasteiger partial charge on any atom is 0.255 e. The summed E-state index contributed by atoms with van der Waals surface area (Å²) in [6.45, 7) is 2.19. The Bertz CT molecular complexity index is 726. The SMILES string of the molecule is COCC(=O)N1CC[C@@H](NC(=O)c2c(C)oc3c2C(=O)CCC3)[C@H](O)C1. The normalized spacial score (nSPS) is 22.9. The lowest BCUT2D eigenvalue weighted by molar-refractivity contribution is -0.138. The molecule has 1 aromatic rings. The highest BCUT2D eigenvalue weighted by Gasteiger charge is 2.34. The highest BCUT2D eigenvalue weighted by molar-refractivity contribution is 6.10. The third kappa shape index (κ3) is 3.52. The molecule has 0 unspecified atom stereocenters. The number of carbonyl (C=O) groups is 3. The van der Waals surface area contributed by atoms with Gasteiger partial charge in [-0.05, 0) is 19.8 Å². The Balaban J connectivity index is 1.69. The molecule has 2 amide bonds. The summed E-state index contributed by atoms with van der Waals surface area (Å²) in [4.78, 5) is 38.3. The first-order chi connectivity index (χ1) is 12.4. The first-order valence-corrected chi connectivity index (χ1v) is 8.83. The van der Waals surface area contributed by atoms with E-state index in [1.165, 1.54) is 12.0 Å². The van der Waals surface area contributed by atoms with Crippen molar-refractivity contribution in [3.63, 3.8) is 0 Å². The fourth-order valence-electron chi connectivity index (χ4n) is 3.66. The smallest absolute Gasteiger partial charge is 0.255 e. The number of amides is 2. The molecule has 0 bridgehead atoms.